The van der Waals surface area contributed by atoms with Crippen molar-refractivity contribution in [2.75, 3.05) is 0 Å². The molecule has 5 aromatic rings. The van der Waals surface area contributed by atoms with E-state index in [0.717, 1.165) is 27.5 Å². The van der Waals surface area contributed by atoms with Crippen LogP contribution < -0.4 is 5.32 Å². The van der Waals surface area contributed by atoms with Gasteiger partial charge in [-0.1, -0.05) is 84.4 Å². The molecule has 0 bridgehead atoms. The lowest BCUT2D eigenvalue weighted by Gasteiger charge is -2.23. The molecule has 0 aliphatic carbocycles. The Bertz CT molecular complexity index is 1570. The molecule has 0 saturated carbocycles. The van der Waals surface area contributed by atoms with E-state index in [9.17, 15) is 9.90 Å². The molecule has 1 atom stereocenters. The molecule has 4 aromatic carbocycles. The summed E-state index contributed by atoms with van der Waals surface area (Å²) in [5.41, 5.74) is 3.47. The van der Waals surface area contributed by atoms with Crippen molar-refractivity contribution in [1.29, 1.82) is 0 Å². The summed E-state index contributed by atoms with van der Waals surface area (Å²) in [5.74, 6) is 0.467. The van der Waals surface area contributed by atoms with E-state index in [2.05, 4.69) is 15.5 Å². The SMILES string of the molecule is Cc1cccc(-c2n[nH]c(=S)n2CC(=O)NC(c2ccccc2)c2c(O)ccc3ccccc23)c1. The Morgan fingerprint density at radius 2 is 1.80 bits per heavy atom. The number of hydrogen-bond acceptors (Lipinski definition) is 4. The minimum atomic E-state index is -0.557. The van der Waals surface area contributed by atoms with Crippen LogP contribution in [0, 0.1) is 11.7 Å². The average molecular weight is 481 g/mol. The lowest BCUT2D eigenvalue weighted by Crippen LogP contribution is -2.32. The topological polar surface area (TPSA) is 82.9 Å². The van der Waals surface area contributed by atoms with Crippen LogP contribution in [-0.2, 0) is 11.3 Å². The number of hydrogen-bond donors (Lipinski definition) is 3. The van der Waals surface area contributed by atoms with Gasteiger partial charge in [0, 0.05) is 11.1 Å². The maximum atomic E-state index is 13.4. The van der Waals surface area contributed by atoms with Gasteiger partial charge < -0.3 is 10.4 Å². The van der Waals surface area contributed by atoms with Crippen LogP contribution in [0.25, 0.3) is 22.2 Å². The number of rotatable bonds is 6. The smallest absolute Gasteiger partial charge is 0.240 e. The van der Waals surface area contributed by atoms with E-state index in [0.29, 0.717) is 16.2 Å². The zero-order valence-electron chi connectivity index (χ0n) is 19.1. The molecule has 0 aliphatic heterocycles. The van der Waals surface area contributed by atoms with Crippen molar-refractivity contribution < 1.29 is 9.90 Å². The number of aromatic hydroxyl groups is 1. The molecule has 174 valence electrons. The van der Waals surface area contributed by atoms with Crippen molar-refractivity contribution in [2.24, 2.45) is 0 Å². The standard InChI is InChI=1S/C28H24N4O2S/c1-18-8-7-12-21(16-18)27-30-31-28(35)32(27)17-24(34)29-26(20-10-3-2-4-11-20)25-22-13-6-5-9-19(22)14-15-23(25)33/h2-16,26,33H,17H2,1H3,(H,29,34)(H,31,35). The summed E-state index contributed by atoms with van der Waals surface area (Å²) in [6.07, 6.45) is 0. The van der Waals surface area contributed by atoms with Crippen LogP contribution in [0.3, 0.4) is 0 Å². The second-order valence-corrected chi connectivity index (χ2v) is 8.83. The Balaban J connectivity index is 1.53. The number of aryl methyl sites for hydroxylation is 1. The predicted octanol–water partition coefficient (Wildman–Crippen LogP) is 5.68. The number of nitrogens with one attached hydrogen (secondary N) is 2. The Morgan fingerprint density at radius 3 is 2.60 bits per heavy atom. The molecule has 7 heteroatoms. The monoisotopic (exact) mass is 480 g/mol. The molecule has 1 unspecified atom stereocenters. The van der Waals surface area contributed by atoms with Crippen LogP contribution in [0.1, 0.15) is 22.7 Å². The average Bonchev–Trinajstić information content (AvgIpc) is 3.23. The number of fused-ring (bicyclic) bond motifs is 1. The van der Waals surface area contributed by atoms with Gasteiger partial charge in [0.25, 0.3) is 0 Å². The second kappa shape index (κ2) is 9.56. The molecule has 0 spiro atoms. The number of amides is 1. The van der Waals surface area contributed by atoms with E-state index in [4.69, 9.17) is 12.2 Å². The highest BCUT2D eigenvalue weighted by Crippen LogP contribution is 2.35. The number of nitrogens with zero attached hydrogens (tertiary/aromatic N) is 2. The highest BCUT2D eigenvalue weighted by molar-refractivity contribution is 7.71. The van der Waals surface area contributed by atoms with Gasteiger partial charge in [0.05, 0.1) is 6.04 Å². The number of carbonyl (C=O) groups is 1. The van der Waals surface area contributed by atoms with E-state index in [-0.39, 0.29) is 18.2 Å². The molecule has 1 heterocycles. The van der Waals surface area contributed by atoms with Gasteiger partial charge in [0.2, 0.25) is 5.91 Å². The summed E-state index contributed by atoms with van der Waals surface area (Å²) in [4.78, 5) is 13.4. The number of aromatic amines is 1. The number of phenolic OH excluding ortho intramolecular Hbond substituents is 1. The summed E-state index contributed by atoms with van der Waals surface area (Å²) in [6.45, 7) is 1.98. The number of benzene rings is 4. The highest BCUT2D eigenvalue weighted by atomic mass is 32.1. The van der Waals surface area contributed by atoms with E-state index in [1.807, 2.05) is 91.9 Å². The first-order valence-electron chi connectivity index (χ1n) is 11.3. The molecular formula is C28H24N4O2S. The molecule has 3 N–H and O–H groups in total. The van der Waals surface area contributed by atoms with Crippen LogP contribution in [-0.4, -0.2) is 25.8 Å². The van der Waals surface area contributed by atoms with Crippen LogP contribution in [0.5, 0.6) is 5.75 Å². The fraction of sp³-hybridized carbons (Fsp3) is 0.107. The van der Waals surface area contributed by atoms with Crippen LogP contribution in [0.4, 0.5) is 0 Å². The van der Waals surface area contributed by atoms with Crippen molar-refractivity contribution in [3.63, 3.8) is 0 Å². The van der Waals surface area contributed by atoms with Crippen LogP contribution in [0.15, 0.2) is 91.0 Å². The van der Waals surface area contributed by atoms with Gasteiger partial charge >= 0.3 is 0 Å². The van der Waals surface area contributed by atoms with Crippen molar-refractivity contribution in [1.82, 2.24) is 20.1 Å². The number of carbonyl (C=O) groups excluding carboxylic acids is 1. The number of phenols is 1. The fourth-order valence-electron chi connectivity index (χ4n) is 4.37. The highest BCUT2D eigenvalue weighted by Gasteiger charge is 2.23. The third-order valence-electron chi connectivity index (χ3n) is 6.01. The van der Waals surface area contributed by atoms with E-state index in [1.165, 1.54) is 0 Å². The van der Waals surface area contributed by atoms with Gasteiger partial charge in [-0.2, -0.15) is 5.10 Å². The zero-order chi connectivity index (χ0) is 24.4. The fourth-order valence-corrected chi connectivity index (χ4v) is 4.57. The minimum Gasteiger partial charge on any atom is -0.508 e. The molecule has 1 aromatic heterocycles. The van der Waals surface area contributed by atoms with Gasteiger partial charge in [-0.05, 0) is 47.6 Å². The van der Waals surface area contributed by atoms with Crippen molar-refractivity contribution >= 4 is 28.9 Å². The minimum absolute atomic E-state index is 0.0204. The predicted molar refractivity (Wildman–Crippen MR) is 140 cm³/mol. The van der Waals surface area contributed by atoms with Crippen molar-refractivity contribution in [3.8, 4) is 17.1 Å². The third-order valence-corrected chi connectivity index (χ3v) is 6.32. The van der Waals surface area contributed by atoms with Crippen molar-refractivity contribution in [2.45, 2.75) is 19.5 Å². The molecule has 35 heavy (non-hydrogen) atoms. The van der Waals surface area contributed by atoms with Crippen molar-refractivity contribution in [3.05, 3.63) is 112 Å². The first kappa shape index (κ1) is 22.6. The van der Waals surface area contributed by atoms with Gasteiger partial charge in [0.15, 0.2) is 10.6 Å². The van der Waals surface area contributed by atoms with E-state index >= 15 is 0 Å². The molecule has 0 saturated heterocycles. The maximum Gasteiger partial charge on any atom is 0.240 e. The lowest BCUT2D eigenvalue weighted by molar-refractivity contribution is -0.122. The van der Waals surface area contributed by atoms with E-state index in [1.54, 1.807) is 10.6 Å². The molecule has 0 radical (unpaired) electrons. The summed E-state index contributed by atoms with van der Waals surface area (Å²) in [5, 5.41) is 23.0. The van der Waals surface area contributed by atoms with E-state index < -0.39 is 6.04 Å². The molecule has 1 amide bonds. The summed E-state index contributed by atoms with van der Waals surface area (Å²) >= 11 is 5.43. The number of H-pyrrole nitrogens is 1. The van der Waals surface area contributed by atoms with Crippen LogP contribution >= 0.6 is 12.2 Å². The molecular weight excluding hydrogens is 456 g/mol. The Hall–Kier alpha value is -4.23. The Kier molecular flexibility index (Phi) is 6.16. The Labute approximate surface area is 207 Å². The molecule has 0 fully saturated rings. The first-order chi connectivity index (χ1) is 17.0. The van der Waals surface area contributed by atoms with Gasteiger partial charge in [-0.15, -0.1) is 0 Å². The Morgan fingerprint density at radius 1 is 1.03 bits per heavy atom. The lowest BCUT2D eigenvalue weighted by atomic mass is 9.92. The summed E-state index contributed by atoms with van der Waals surface area (Å²) in [6, 6.07) is 28.3. The normalized spacial score (nSPS) is 11.9. The maximum absolute atomic E-state index is 13.4. The largest absolute Gasteiger partial charge is 0.508 e. The summed E-state index contributed by atoms with van der Waals surface area (Å²) < 4.78 is 2.05. The number of aromatic nitrogens is 3. The van der Waals surface area contributed by atoms with Gasteiger partial charge in [-0.3, -0.25) is 14.5 Å². The van der Waals surface area contributed by atoms with Gasteiger partial charge in [0.1, 0.15) is 12.3 Å². The quantitative estimate of drug-likeness (QED) is 0.273. The third kappa shape index (κ3) is 4.58. The van der Waals surface area contributed by atoms with Crippen LogP contribution in [0.2, 0.25) is 0 Å². The zero-order valence-corrected chi connectivity index (χ0v) is 19.9. The second-order valence-electron chi connectivity index (χ2n) is 8.44. The summed E-state index contributed by atoms with van der Waals surface area (Å²) in [7, 11) is 0. The molecule has 5 rings (SSSR count). The molecule has 0 aliphatic rings. The van der Waals surface area contributed by atoms with Gasteiger partial charge in [-0.25, -0.2) is 0 Å². The molecule has 6 nitrogen and oxygen atoms in total. The first-order valence-corrected chi connectivity index (χ1v) is 11.7.